The third-order valence-corrected chi connectivity index (χ3v) is 14.8. The Bertz CT molecular complexity index is 1230. The summed E-state index contributed by atoms with van der Waals surface area (Å²) < 4.78 is 6.10. The van der Waals surface area contributed by atoms with Crippen LogP contribution in [0.2, 0.25) is 0 Å². The Labute approximate surface area is 368 Å². The molecular formula is C53H106N4O2+2. The molecule has 0 N–H and O–H groups in total. The Morgan fingerprint density at radius 2 is 0.644 bits per heavy atom. The Kier molecular flexibility index (Phi) is 34.0. The molecule has 348 valence electrons. The van der Waals surface area contributed by atoms with Crippen LogP contribution in [-0.2, 0) is 19.5 Å². The van der Waals surface area contributed by atoms with E-state index in [0.717, 1.165) is 56.3 Å². The molecule has 0 aliphatic heterocycles. The van der Waals surface area contributed by atoms with E-state index in [2.05, 4.69) is 55.4 Å². The van der Waals surface area contributed by atoms with Gasteiger partial charge in [0.25, 0.3) is 5.56 Å². The van der Waals surface area contributed by atoms with Gasteiger partial charge in [-0.1, -0.05) is 143 Å². The molecule has 0 aromatic carbocycles. The quantitative estimate of drug-likeness (QED) is 0.0486. The van der Waals surface area contributed by atoms with Crippen molar-refractivity contribution in [2.24, 2.45) is 0 Å². The summed E-state index contributed by atoms with van der Waals surface area (Å²) in [5, 5.41) is 0. The fourth-order valence-electron chi connectivity index (χ4n) is 9.93. The van der Waals surface area contributed by atoms with Gasteiger partial charge in [0, 0.05) is 24.3 Å². The van der Waals surface area contributed by atoms with Crippen molar-refractivity contribution in [2.75, 3.05) is 52.4 Å². The first kappa shape index (κ1) is 55.6. The lowest BCUT2D eigenvalue weighted by atomic mass is 10.0. The van der Waals surface area contributed by atoms with Crippen LogP contribution in [0, 0.1) is 6.92 Å². The molecule has 0 amide bonds. The van der Waals surface area contributed by atoms with Crippen LogP contribution in [0.4, 0.5) is 0 Å². The lowest BCUT2D eigenvalue weighted by molar-refractivity contribution is -0.925. The van der Waals surface area contributed by atoms with Crippen molar-refractivity contribution < 1.29 is 8.97 Å². The first-order valence-electron chi connectivity index (χ1n) is 26.8. The highest BCUT2D eigenvalue weighted by molar-refractivity contribution is 5.17. The number of quaternary nitrogens is 2. The number of aromatic nitrogens is 2. The molecular weight excluding hydrogens is 725 g/mol. The standard InChI is InChI=1S/C53H106N4O2/c1-9-16-19-22-25-28-31-36-43-51-50(8)54(44-37-34-41-48-56(12-4,13-5)46-39-32-29-26-23-20-17-10-2)53(59)55(52(51)58)45-38-35-42-49-57(14-6,15-7)47-40-33-30-27-24-21-18-11-3/h9-49H2,1-8H3/q+2. The SMILES string of the molecule is CCCCCCCCCCc1c(C)n(CCCCC[N+](CC)(CC)CCCCCCCCCC)c(=O)n(CCCCC[N+](CC)(CC)CCCCCCCCCC)c1=O. The molecule has 1 aromatic rings. The summed E-state index contributed by atoms with van der Waals surface area (Å²) >= 11 is 0. The molecule has 0 aliphatic rings. The van der Waals surface area contributed by atoms with Gasteiger partial charge in [0.05, 0.1) is 52.4 Å². The molecule has 0 unspecified atom stereocenters. The normalized spacial score (nSPS) is 12.3. The second-order valence-corrected chi connectivity index (χ2v) is 19.1. The minimum atomic E-state index is -0.0592. The number of hydrogen-bond acceptors (Lipinski definition) is 2. The van der Waals surface area contributed by atoms with Crippen molar-refractivity contribution in [3.05, 3.63) is 32.1 Å². The third-order valence-electron chi connectivity index (χ3n) is 14.8. The Hall–Kier alpha value is -1.40. The van der Waals surface area contributed by atoms with Crippen molar-refractivity contribution in [3.63, 3.8) is 0 Å². The van der Waals surface area contributed by atoms with Crippen LogP contribution in [0.15, 0.2) is 9.59 Å². The maximum Gasteiger partial charge on any atom is 0.331 e. The summed E-state index contributed by atoms with van der Waals surface area (Å²) in [6.07, 6.45) is 39.5. The first-order valence-corrected chi connectivity index (χ1v) is 26.8. The Balaban J connectivity index is 2.87. The second-order valence-electron chi connectivity index (χ2n) is 19.1. The van der Waals surface area contributed by atoms with E-state index >= 15 is 0 Å². The van der Waals surface area contributed by atoms with Crippen LogP contribution in [0.25, 0.3) is 0 Å². The molecule has 0 atom stereocenters. The van der Waals surface area contributed by atoms with E-state index in [1.807, 2.05) is 4.57 Å². The number of nitrogens with zero attached hydrogens (tertiary/aromatic N) is 4. The minimum absolute atomic E-state index is 0.00238. The maximum absolute atomic E-state index is 14.1. The number of unbranched alkanes of at least 4 members (excludes halogenated alkanes) is 25. The first-order chi connectivity index (χ1) is 28.7. The van der Waals surface area contributed by atoms with Gasteiger partial charge in [-0.25, -0.2) is 4.79 Å². The highest BCUT2D eigenvalue weighted by Gasteiger charge is 2.24. The van der Waals surface area contributed by atoms with Gasteiger partial charge in [-0.05, 0) is 112 Å². The summed E-state index contributed by atoms with van der Waals surface area (Å²) in [5.74, 6) is 0. The molecule has 6 heteroatoms. The Morgan fingerprint density at radius 1 is 0.356 bits per heavy atom. The van der Waals surface area contributed by atoms with E-state index in [9.17, 15) is 9.59 Å². The van der Waals surface area contributed by atoms with Crippen molar-refractivity contribution in [2.45, 2.75) is 268 Å². The van der Waals surface area contributed by atoms with Crippen LogP contribution < -0.4 is 11.2 Å². The van der Waals surface area contributed by atoms with Gasteiger partial charge in [0.2, 0.25) is 0 Å². The van der Waals surface area contributed by atoms with Crippen LogP contribution in [0.5, 0.6) is 0 Å². The molecule has 0 fully saturated rings. The van der Waals surface area contributed by atoms with Crippen molar-refractivity contribution in [3.8, 4) is 0 Å². The van der Waals surface area contributed by atoms with Crippen molar-refractivity contribution in [1.82, 2.24) is 9.13 Å². The smallest absolute Gasteiger partial charge is 0.324 e. The minimum Gasteiger partial charge on any atom is -0.324 e. The average molecular weight is 831 g/mol. The highest BCUT2D eigenvalue weighted by Crippen LogP contribution is 2.18. The molecule has 0 aliphatic carbocycles. The maximum atomic E-state index is 14.1. The molecule has 1 aromatic heterocycles. The molecule has 0 saturated heterocycles. The molecule has 6 nitrogen and oxygen atoms in total. The molecule has 59 heavy (non-hydrogen) atoms. The van der Waals surface area contributed by atoms with Gasteiger partial charge in [-0.15, -0.1) is 0 Å². The van der Waals surface area contributed by atoms with Gasteiger partial charge in [-0.2, -0.15) is 0 Å². The zero-order valence-corrected chi connectivity index (χ0v) is 41.6. The van der Waals surface area contributed by atoms with Crippen molar-refractivity contribution >= 4 is 0 Å². The second kappa shape index (κ2) is 36.1. The fourth-order valence-corrected chi connectivity index (χ4v) is 9.93. The lowest BCUT2D eigenvalue weighted by Crippen LogP contribution is -2.49. The predicted molar refractivity (Wildman–Crippen MR) is 261 cm³/mol. The highest BCUT2D eigenvalue weighted by atomic mass is 16.2. The summed E-state index contributed by atoms with van der Waals surface area (Å²) in [6.45, 7) is 29.6. The Morgan fingerprint density at radius 3 is 0.983 bits per heavy atom. The topological polar surface area (TPSA) is 44.0 Å². The van der Waals surface area contributed by atoms with Gasteiger partial charge in [-0.3, -0.25) is 13.9 Å². The zero-order chi connectivity index (χ0) is 43.5. The molecule has 1 heterocycles. The largest absolute Gasteiger partial charge is 0.331 e. The predicted octanol–water partition coefficient (Wildman–Crippen LogP) is 14.3. The van der Waals surface area contributed by atoms with Gasteiger partial charge >= 0.3 is 5.69 Å². The van der Waals surface area contributed by atoms with Crippen molar-refractivity contribution in [1.29, 1.82) is 0 Å². The van der Waals surface area contributed by atoms with E-state index < -0.39 is 0 Å². The number of rotatable bonds is 43. The van der Waals surface area contributed by atoms with Crippen LogP contribution in [0.3, 0.4) is 0 Å². The van der Waals surface area contributed by atoms with E-state index in [1.54, 1.807) is 4.57 Å². The lowest BCUT2D eigenvalue weighted by Gasteiger charge is -2.37. The van der Waals surface area contributed by atoms with E-state index in [0.29, 0.717) is 6.54 Å². The van der Waals surface area contributed by atoms with Gasteiger partial charge in [0.1, 0.15) is 0 Å². The molecule has 0 spiro atoms. The van der Waals surface area contributed by atoms with E-state index in [-0.39, 0.29) is 11.2 Å². The summed E-state index contributed by atoms with van der Waals surface area (Å²) in [4.78, 5) is 28.2. The van der Waals surface area contributed by atoms with E-state index in [4.69, 9.17) is 0 Å². The van der Waals surface area contributed by atoms with Crippen LogP contribution in [-0.4, -0.2) is 70.5 Å². The number of hydrogen-bond donors (Lipinski definition) is 0. The summed E-state index contributed by atoms with van der Waals surface area (Å²) in [6, 6.07) is 0. The van der Waals surface area contributed by atoms with Gasteiger partial charge in [0.15, 0.2) is 0 Å². The molecule has 0 bridgehead atoms. The van der Waals surface area contributed by atoms with Crippen LogP contribution in [0.1, 0.15) is 252 Å². The summed E-state index contributed by atoms with van der Waals surface area (Å²) in [7, 11) is 0. The van der Waals surface area contributed by atoms with E-state index in [1.165, 1.54) is 222 Å². The molecule has 1 rings (SSSR count). The molecule has 0 saturated carbocycles. The zero-order valence-electron chi connectivity index (χ0n) is 41.6. The fraction of sp³-hybridized carbons (Fsp3) is 0.925. The summed E-state index contributed by atoms with van der Waals surface area (Å²) in [5.41, 5.74) is 1.79. The molecule has 0 radical (unpaired) electrons. The average Bonchev–Trinajstić information content (AvgIpc) is 3.25. The third kappa shape index (κ3) is 23.6. The monoisotopic (exact) mass is 831 g/mol. The van der Waals surface area contributed by atoms with Gasteiger partial charge < -0.3 is 8.97 Å². The van der Waals surface area contributed by atoms with Crippen LogP contribution >= 0.6 is 0 Å².